The van der Waals surface area contributed by atoms with Crippen molar-refractivity contribution >= 4 is 164 Å². The van der Waals surface area contributed by atoms with Gasteiger partial charge in [-0.3, -0.25) is 18.4 Å². The summed E-state index contributed by atoms with van der Waals surface area (Å²) in [5, 5.41) is 20.7. The number of nitrogens with one attached hydrogen (secondary N) is 4. The van der Waals surface area contributed by atoms with E-state index < -0.39 is 55.6 Å². The molecule has 145 heavy (non-hydrogen) atoms. The van der Waals surface area contributed by atoms with E-state index in [2.05, 4.69) is 231 Å². The summed E-state index contributed by atoms with van der Waals surface area (Å²) < 4.78 is 76.4. The smallest absolute Gasteiger partial charge is 0.328 e. The fraction of sp³-hybridized carbons (Fsp3) is 0.302. The zero-order valence-corrected chi connectivity index (χ0v) is 95.3. The van der Waals surface area contributed by atoms with Crippen LogP contribution in [0.3, 0.4) is 0 Å². The Morgan fingerprint density at radius 3 is 1.21 bits per heavy atom. The van der Waals surface area contributed by atoms with Crippen LogP contribution < -0.4 is 25.8 Å². The molecule has 0 unspecified atom stereocenters. The number of nitrogens with two attached hydrogens (primary N) is 1. The minimum absolute atomic E-state index is 0.0459. The topological polar surface area (TPSA) is 416 Å². The molecule has 8 N–H and O–H groups in total. The van der Waals surface area contributed by atoms with Crippen molar-refractivity contribution in [3.8, 4) is 45.0 Å². The molecule has 39 heteroatoms. The number of ketones is 1. The van der Waals surface area contributed by atoms with Crippen LogP contribution in [-0.4, -0.2) is 155 Å². The van der Waals surface area contributed by atoms with Crippen molar-refractivity contribution in [2.24, 2.45) is 0 Å². The van der Waals surface area contributed by atoms with Crippen molar-refractivity contribution in [1.29, 1.82) is 0 Å². The molecule has 0 radical (unpaired) electrons. The average Bonchev–Trinajstić information content (AvgIpc) is 1.59. The van der Waals surface area contributed by atoms with Gasteiger partial charge in [-0.05, 0) is 205 Å². The number of anilines is 1. The first-order valence-corrected chi connectivity index (χ1v) is 56.7. The Bertz CT molecular complexity index is 7190. The first-order chi connectivity index (χ1) is 69.0. The number of hydrogen-bond donors (Lipinski definition) is 7. The second-order valence-corrected chi connectivity index (χ2v) is 40.1. The number of aliphatic hydroxyl groups excluding tert-OH is 1. The van der Waals surface area contributed by atoms with Crippen LogP contribution in [0.25, 0.3) is 67.6 Å². The van der Waals surface area contributed by atoms with Crippen LogP contribution in [0.1, 0.15) is 168 Å². The molecule has 16 aromatic rings. The number of fused-ring (bicyclic) bond motifs is 4. The molecule has 7 aromatic carbocycles. The van der Waals surface area contributed by atoms with Gasteiger partial charge in [0.2, 0.25) is 0 Å². The van der Waals surface area contributed by atoms with Crippen LogP contribution >= 0.6 is 92.0 Å². The number of aryl methyl sites for hydroxylation is 11. The van der Waals surface area contributed by atoms with Crippen molar-refractivity contribution in [3.05, 3.63) is 324 Å². The van der Waals surface area contributed by atoms with Gasteiger partial charge in [-0.1, -0.05) is 225 Å². The predicted molar refractivity (Wildman–Crippen MR) is 594 cm³/mol. The maximum atomic E-state index is 12.4. The molecule has 1 aliphatic heterocycles. The van der Waals surface area contributed by atoms with E-state index in [9.17, 15) is 31.2 Å². The van der Waals surface area contributed by atoms with E-state index in [1.165, 1.54) is 24.3 Å². The highest BCUT2D eigenvalue weighted by Gasteiger charge is 2.49. The van der Waals surface area contributed by atoms with Crippen LogP contribution in [0.15, 0.2) is 255 Å². The molecule has 0 aliphatic carbocycles. The van der Waals surface area contributed by atoms with Gasteiger partial charge < -0.3 is 44.9 Å². The van der Waals surface area contributed by atoms with Crippen molar-refractivity contribution in [3.63, 3.8) is 0 Å². The standard InChI is InChI=1S/C31H31N5O3S.C23H30N2O5S.C15H14BrN3.C15H15N3.C9H10BrN3.C5H6BrN3.C4H7BrO.C2H4O2.C2H6O.Br2/c1-4-27-29(36-20-28(24-8-6-5-7-9-24)33-22(3)30(36)34-27)25-14-12-23(13-15-25)18-19-32-31(37)35-40(38,39)26-16-10-21(2)11-17-26;1-16-6-12-19(13-7-16)31(27,28)25-21(26)24-15-14-17-8-10-18(11-9-17)20-29-22(2,3)23(4,5)30-20;1-3-12-14(16)19-9-13(11-7-5-4-6-8-11)17-10(2)15(19)18-12;1-3-13-9-18-10-14(12-7-5-4-6-8-12)16-11(2)15(18)17-13;1-3-7-4-13-5-8(10)11-6(2)9(13)12-7;1-3-5(7)8-2-4(6)9-3;1-2-4(6)3-5;1-2(3)4;1-2-3;1-2/h5-17,20H,4,18-19H2,1-3H3,(H2,32,35,37);6-13,20H,14-15H2,1-5H3,(H2,24,25,26);4-9H,3H2,1-2H3;4-10H,3H2,1-2H3;4-5H,3H2,1-2H3;2H,1H3,(H2,7,8);2-3H2,1H3;1H3,(H,3,4);3H,2H2,1H3;. The highest BCUT2D eigenvalue weighted by Crippen LogP contribution is 2.45. The van der Waals surface area contributed by atoms with Gasteiger partial charge in [-0.15, -0.1) is 0 Å². The van der Waals surface area contributed by atoms with E-state index in [0.717, 1.165) is 188 Å². The summed E-state index contributed by atoms with van der Waals surface area (Å²) in [6, 6.07) is 57.5. The number of carbonyl (C=O) groups is 4. The number of carboxylic acid groups (broad SMARTS) is 1. The Balaban J connectivity index is 0.000000217. The molecule has 9 aromatic heterocycles. The molecule has 17 rings (SSSR count). The number of aliphatic hydroxyl groups is 1. The van der Waals surface area contributed by atoms with Gasteiger partial charge in [0.15, 0.2) is 28.9 Å². The first-order valence-electron chi connectivity index (χ1n) is 46.5. The minimum atomic E-state index is -3.93. The third kappa shape index (κ3) is 34.7. The Hall–Kier alpha value is -11.8. The number of aliphatic carboxylic acids is 1. The number of carbonyl (C=O) groups excluding carboxylic acids is 3. The number of aromatic nitrogens is 14. The highest BCUT2D eigenvalue weighted by atomic mass is 80.9. The first kappa shape index (κ1) is 118. The number of urea groups is 2. The molecule has 1 aliphatic rings. The number of sulfonamides is 2. The summed E-state index contributed by atoms with van der Waals surface area (Å²) in [5.74, 6) is -0.0896. The molecule has 4 amide bonds. The molecule has 10 heterocycles. The lowest BCUT2D eigenvalue weighted by Crippen LogP contribution is -2.41. The summed E-state index contributed by atoms with van der Waals surface area (Å²) >= 11 is 18.7. The fourth-order valence-electron chi connectivity index (χ4n) is 13.9. The van der Waals surface area contributed by atoms with Crippen LogP contribution in [-0.2, 0) is 77.6 Å². The number of rotatable bonds is 21. The molecule has 0 spiro atoms. The van der Waals surface area contributed by atoms with Crippen LogP contribution in [0.4, 0.5) is 15.4 Å². The molecule has 1 fully saturated rings. The summed E-state index contributed by atoms with van der Waals surface area (Å²) in [7, 11) is -7.82. The third-order valence-corrected chi connectivity index (χ3v) is 27.2. The Kier molecular flexibility index (Phi) is 46.4. The minimum Gasteiger partial charge on any atom is -0.481 e. The number of hydrogen-bond acceptors (Lipinski definition) is 22. The summed E-state index contributed by atoms with van der Waals surface area (Å²) in [5.41, 5.74) is 30.0. The van der Waals surface area contributed by atoms with Gasteiger partial charge >= 0.3 is 12.1 Å². The van der Waals surface area contributed by atoms with E-state index in [1.807, 2.05) is 226 Å². The molecular formula is C106H123Br6N19O12S2. The molecule has 0 atom stereocenters. The normalized spacial score (nSPS) is 12.1. The summed E-state index contributed by atoms with van der Waals surface area (Å²) in [4.78, 5) is 88.2. The van der Waals surface area contributed by atoms with Gasteiger partial charge in [0.25, 0.3) is 26.0 Å². The molecule has 0 saturated carbocycles. The SMILES string of the molecule is BrBr.CC(=O)O.CCC(=O)CBr.CCO.CCc1cn2cc(-c3ccccc3)nc(C)c2n1.CCc1cn2cc(Br)nc(C)c2n1.CCc1nc2c(C)nc(-c3ccccc3)cn2c1-c1ccc(CCNC(=O)NS(=O)(=O)c2ccc(C)cc2)cc1.CCc1nc2c(C)nc(-c3ccccc3)cn2c1Br.Cc1ccc(S(=O)(=O)NC(=O)NCCc2ccc(C3OC(C)(C)C(C)(C)O3)cc2)cc1.Cc1nc(Br)cnc1N. The Morgan fingerprint density at radius 1 is 0.448 bits per heavy atom. The molecular weight excluding hydrogens is 2270 g/mol. The largest absolute Gasteiger partial charge is 0.481 e. The van der Waals surface area contributed by atoms with E-state index in [1.54, 1.807) is 37.4 Å². The number of alkyl halides is 1. The lowest BCUT2D eigenvalue weighted by Gasteiger charge is -2.30. The van der Waals surface area contributed by atoms with Gasteiger partial charge in [0, 0.05) is 126 Å². The van der Waals surface area contributed by atoms with Crippen LogP contribution in [0, 0.1) is 48.5 Å². The van der Waals surface area contributed by atoms with E-state index in [4.69, 9.17) is 40.2 Å². The quantitative estimate of drug-likeness (QED) is 0.0329. The van der Waals surface area contributed by atoms with Crippen molar-refractivity contribution in [2.75, 3.05) is 30.8 Å². The number of amides is 4. The molecule has 31 nitrogen and oxygen atoms in total. The number of benzene rings is 7. The predicted octanol–water partition coefficient (Wildman–Crippen LogP) is 23.2. The zero-order chi connectivity index (χ0) is 107. The van der Waals surface area contributed by atoms with Crippen LogP contribution in [0.2, 0.25) is 0 Å². The van der Waals surface area contributed by atoms with Gasteiger partial charge in [-0.2, -0.15) is 0 Å². The fourth-order valence-corrected chi connectivity index (χ4v) is 17.6. The Morgan fingerprint density at radius 2 is 0.821 bits per heavy atom. The zero-order valence-electron chi connectivity index (χ0n) is 84.2. The number of nitrogen functional groups attached to an aromatic ring is 1. The highest BCUT2D eigenvalue weighted by molar-refractivity contribution is 9.93. The summed E-state index contributed by atoms with van der Waals surface area (Å²) in [6.07, 6.45) is 18.7. The molecule has 1 saturated heterocycles. The average molecular weight is 2400 g/mol. The maximum Gasteiger partial charge on any atom is 0.328 e. The van der Waals surface area contributed by atoms with Crippen LogP contribution in [0.5, 0.6) is 0 Å². The number of ether oxygens (including phenoxy) is 2. The Labute approximate surface area is 896 Å². The number of Topliss-reactive ketones (excluding diaryl/α,β-unsaturated/α-hetero) is 1. The molecule has 768 valence electrons. The van der Waals surface area contributed by atoms with Crippen molar-refractivity contribution < 1.29 is 55.7 Å². The molecule has 0 bridgehead atoms. The maximum absolute atomic E-state index is 12.4. The van der Waals surface area contributed by atoms with E-state index in [-0.39, 0.29) is 28.7 Å². The summed E-state index contributed by atoms with van der Waals surface area (Å²) in [6.45, 7) is 35.4. The second kappa shape index (κ2) is 56.8. The second-order valence-electron chi connectivity index (χ2n) is 33.8. The van der Waals surface area contributed by atoms with Crippen molar-refractivity contribution in [2.45, 2.75) is 197 Å². The lowest BCUT2D eigenvalue weighted by atomic mass is 9.90. The third-order valence-electron chi connectivity index (χ3n) is 22.3. The van der Waals surface area contributed by atoms with E-state index >= 15 is 0 Å². The lowest BCUT2D eigenvalue weighted by molar-refractivity contribution is -0.134. The number of nitrogens with zero attached hydrogens (tertiary/aromatic N) is 14. The number of carboxylic acids is 1. The monoisotopic (exact) mass is 2390 g/mol. The van der Waals surface area contributed by atoms with Gasteiger partial charge in [0.1, 0.15) is 25.4 Å². The van der Waals surface area contributed by atoms with Crippen molar-refractivity contribution in [1.82, 2.24) is 87.5 Å². The number of halogens is 6. The van der Waals surface area contributed by atoms with E-state index in [0.29, 0.717) is 41.6 Å². The van der Waals surface area contributed by atoms with Gasteiger partial charge in [-0.25, -0.2) is 85.7 Å². The number of imidazole rings is 4. The van der Waals surface area contributed by atoms with Gasteiger partial charge in [0.05, 0.1) is 107 Å².